The molecule has 0 bridgehead atoms. The van der Waals surface area contributed by atoms with E-state index in [0.717, 1.165) is 34.3 Å². The van der Waals surface area contributed by atoms with Crippen molar-refractivity contribution < 1.29 is 0 Å². The van der Waals surface area contributed by atoms with Crippen molar-refractivity contribution in [2.75, 3.05) is 0 Å². The molecule has 0 amide bonds. The Bertz CT molecular complexity index is 551. The highest BCUT2D eigenvalue weighted by molar-refractivity contribution is 8.16. The molecule has 4 heteroatoms. The van der Waals surface area contributed by atoms with E-state index in [4.69, 9.17) is 16.6 Å². The van der Waals surface area contributed by atoms with Gasteiger partial charge in [0.15, 0.2) is 0 Å². The van der Waals surface area contributed by atoms with Crippen molar-refractivity contribution in [1.82, 2.24) is 0 Å². The summed E-state index contributed by atoms with van der Waals surface area (Å²) in [6.45, 7) is 6.57. The van der Waals surface area contributed by atoms with Crippen LogP contribution in [0.3, 0.4) is 0 Å². The molecular formula is C16H19ClN2S. The SMILES string of the molecule is CC(C)(C)SC(=Nc1ccc(Cl)cc1)C1=NC=CCC1. The topological polar surface area (TPSA) is 24.7 Å². The summed E-state index contributed by atoms with van der Waals surface area (Å²) in [4.78, 5) is 9.25. The van der Waals surface area contributed by atoms with E-state index in [1.54, 1.807) is 11.8 Å². The normalized spacial score (nSPS) is 16.2. The summed E-state index contributed by atoms with van der Waals surface area (Å²) in [6, 6.07) is 7.60. The second-order valence-electron chi connectivity index (χ2n) is 5.61. The number of nitrogens with zero attached hydrogens (tertiary/aromatic N) is 2. The highest BCUT2D eigenvalue weighted by Crippen LogP contribution is 2.29. The molecule has 106 valence electrons. The van der Waals surface area contributed by atoms with Gasteiger partial charge < -0.3 is 0 Å². The first-order valence-electron chi connectivity index (χ1n) is 6.69. The van der Waals surface area contributed by atoms with E-state index in [1.807, 2.05) is 30.5 Å². The summed E-state index contributed by atoms with van der Waals surface area (Å²) in [5.74, 6) is 0. The standard InChI is InChI=1S/C16H19ClN2S/c1-16(2,3)20-15(14-6-4-5-11-18-14)19-13-9-7-12(17)8-10-13/h5,7-11H,4,6H2,1-3H3. The summed E-state index contributed by atoms with van der Waals surface area (Å²) in [5, 5.41) is 1.73. The minimum Gasteiger partial charge on any atom is -0.259 e. The van der Waals surface area contributed by atoms with E-state index in [2.05, 4.69) is 31.8 Å². The van der Waals surface area contributed by atoms with E-state index < -0.39 is 0 Å². The molecule has 0 saturated heterocycles. The van der Waals surface area contributed by atoms with Crippen molar-refractivity contribution in [1.29, 1.82) is 0 Å². The van der Waals surface area contributed by atoms with Crippen LogP contribution >= 0.6 is 23.4 Å². The van der Waals surface area contributed by atoms with Crippen molar-refractivity contribution in [2.24, 2.45) is 9.98 Å². The fraction of sp³-hybridized carbons (Fsp3) is 0.375. The third-order valence-electron chi connectivity index (χ3n) is 2.59. The first-order chi connectivity index (χ1) is 9.44. The first kappa shape index (κ1) is 15.3. The van der Waals surface area contributed by atoms with E-state index in [9.17, 15) is 0 Å². The Labute approximate surface area is 130 Å². The molecule has 1 aliphatic rings. The number of hydrogen-bond acceptors (Lipinski definition) is 3. The molecule has 2 nitrogen and oxygen atoms in total. The van der Waals surface area contributed by atoms with Gasteiger partial charge in [-0.25, -0.2) is 4.99 Å². The third kappa shape index (κ3) is 4.80. The molecule has 20 heavy (non-hydrogen) atoms. The molecular weight excluding hydrogens is 288 g/mol. The van der Waals surface area contributed by atoms with Crippen LogP contribution in [0.15, 0.2) is 46.5 Å². The molecule has 2 rings (SSSR count). The molecule has 0 atom stereocenters. The number of hydrogen-bond donors (Lipinski definition) is 0. The molecule has 0 unspecified atom stereocenters. The minimum atomic E-state index is 0.106. The highest BCUT2D eigenvalue weighted by atomic mass is 35.5. The lowest BCUT2D eigenvalue weighted by molar-refractivity contribution is 0.809. The van der Waals surface area contributed by atoms with Crippen molar-refractivity contribution in [2.45, 2.75) is 38.4 Å². The van der Waals surface area contributed by atoms with Gasteiger partial charge in [-0.15, -0.1) is 0 Å². The lowest BCUT2D eigenvalue weighted by Gasteiger charge is -2.20. The maximum Gasteiger partial charge on any atom is 0.119 e. The average molecular weight is 307 g/mol. The number of aliphatic imine (C=N–C) groups is 2. The van der Waals surface area contributed by atoms with Gasteiger partial charge in [-0.1, -0.05) is 50.2 Å². The predicted molar refractivity (Wildman–Crippen MR) is 91.7 cm³/mol. The zero-order valence-corrected chi connectivity index (χ0v) is 13.6. The van der Waals surface area contributed by atoms with Gasteiger partial charge in [-0.2, -0.15) is 0 Å². The second-order valence-corrected chi connectivity index (χ2v) is 7.86. The molecule has 0 N–H and O–H groups in total. The van der Waals surface area contributed by atoms with E-state index >= 15 is 0 Å². The Morgan fingerprint density at radius 3 is 2.50 bits per heavy atom. The Morgan fingerprint density at radius 2 is 1.95 bits per heavy atom. The van der Waals surface area contributed by atoms with Crippen molar-refractivity contribution in [3.8, 4) is 0 Å². The molecule has 0 spiro atoms. The van der Waals surface area contributed by atoms with Crippen molar-refractivity contribution in [3.63, 3.8) is 0 Å². The number of thioether (sulfide) groups is 1. The van der Waals surface area contributed by atoms with E-state index in [1.165, 1.54) is 0 Å². The van der Waals surface area contributed by atoms with Gasteiger partial charge in [0.05, 0.1) is 11.4 Å². The average Bonchev–Trinajstić information content (AvgIpc) is 2.40. The molecule has 0 aliphatic carbocycles. The van der Waals surface area contributed by atoms with Crippen LogP contribution in [-0.4, -0.2) is 15.5 Å². The van der Waals surface area contributed by atoms with E-state index in [0.29, 0.717) is 0 Å². The van der Waals surface area contributed by atoms with Gasteiger partial charge in [0.25, 0.3) is 0 Å². The summed E-state index contributed by atoms with van der Waals surface area (Å²) in [6.07, 6.45) is 5.94. The van der Waals surface area contributed by atoms with Crippen LogP contribution in [-0.2, 0) is 0 Å². The summed E-state index contributed by atoms with van der Waals surface area (Å²) in [7, 11) is 0. The van der Waals surface area contributed by atoms with Gasteiger partial charge in [0.1, 0.15) is 5.04 Å². The molecule has 1 heterocycles. The Kier molecular flexibility index (Phi) is 5.06. The van der Waals surface area contributed by atoms with Crippen LogP contribution in [0.4, 0.5) is 5.69 Å². The largest absolute Gasteiger partial charge is 0.259 e. The van der Waals surface area contributed by atoms with Crippen LogP contribution in [0.25, 0.3) is 0 Å². The lowest BCUT2D eigenvalue weighted by atomic mass is 10.2. The van der Waals surface area contributed by atoms with Crippen LogP contribution in [0.2, 0.25) is 5.02 Å². The van der Waals surface area contributed by atoms with Crippen molar-refractivity contribution >= 4 is 39.8 Å². The van der Waals surface area contributed by atoms with E-state index in [-0.39, 0.29) is 4.75 Å². The van der Waals surface area contributed by atoms with Gasteiger partial charge in [-0.3, -0.25) is 4.99 Å². The lowest BCUT2D eigenvalue weighted by Crippen LogP contribution is -2.19. The molecule has 0 radical (unpaired) electrons. The summed E-state index contributed by atoms with van der Waals surface area (Å²) >= 11 is 7.68. The van der Waals surface area contributed by atoms with Gasteiger partial charge in [-0.05, 0) is 37.1 Å². The van der Waals surface area contributed by atoms with Gasteiger partial charge in [0.2, 0.25) is 0 Å². The molecule has 0 fully saturated rings. The van der Waals surface area contributed by atoms with Crippen LogP contribution in [0, 0.1) is 0 Å². The molecule has 1 aromatic carbocycles. The van der Waals surface area contributed by atoms with Crippen LogP contribution in [0.5, 0.6) is 0 Å². The smallest absolute Gasteiger partial charge is 0.119 e. The Morgan fingerprint density at radius 1 is 1.25 bits per heavy atom. The number of rotatable bonds is 2. The molecule has 0 saturated carbocycles. The summed E-state index contributed by atoms with van der Waals surface area (Å²) < 4.78 is 0.106. The zero-order chi connectivity index (χ0) is 14.6. The number of benzene rings is 1. The molecule has 1 aromatic rings. The monoisotopic (exact) mass is 306 g/mol. The first-order valence-corrected chi connectivity index (χ1v) is 7.89. The quantitative estimate of drug-likeness (QED) is 0.512. The summed E-state index contributed by atoms with van der Waals surface area (Å²) in [5.41, 5.74) is 1.99. The molecule has 0 aromatic heterocycles. The van der Waals surface area contributed by atoms with Crippen LogP contribution < -0.4 is 0 Å². The zero-order valence-electron chi connectivity index (χ0n) is 12.1. The molecule has 1 aliphatic heterocycles. The maximum absolute atomic E-state index is 5.92. The van der Waals surface area contributed by atoms with Crippen molar-refractivity contribution in [3.05, 3.63) is 41.6 Å². The Hall–Kier alpha value is -1.06. The fourth-order valence-corrected chi connectivity index (χ4v) is 2.86. The third-order valence-corrected chi connectivity index (χ3v) is 3.98. The van der Waals surface area contributed by atoms with Crippen LogP contribution in [0.1, 0.15) is 33.6 Å². The highest BCUT2D eigenvalue weighted by Gasteiger charge is 2.20. The fourth-order valence-electron chi connectivity index (χ4n) is 1.73. The number of halogens is 1. The van der Waals surface area contributed by atoms with Gasteiger partial charge >= 0.3 is 0 Å². The minimum absolute atomic E-state index is 0.106. The second kappa shape index (κ2) is 6.59. The number of allylic oxidation sites excluding steroid dienone is 1. The predicted octanol–water partition coefficient (Wildman–Crippen LogP) is 5.65. The maximum atomic E-state index is 5.92. The Balaban J connectivity index is 2.32. The van der Waals surface area contributed by atoms with Gasteiger partial charge in [0, 0.05) is 16.0 Å².